The standard InChI is InChI=1S/C30H29F2N7O2S/c1-3-38(4-2)17-6-15-33-29-35-25(19-9-11-20(12-10-19)28(41)37-30-34-16-18-42-30)21-13-14-24(40)39(27(21)36-29)26-22(31)7-5-8-23(26)32/h5,7-14,16,18H,3-4,6,15,17H2,1-2H3,(H,33,35,36)(H,34,37,41). The molecule has 0 aliphatic heterocycles. The van der Waals surface area contributed by atoms with Gasteiger partial charge in [-0.1, -0.05) is 32.0 Å². The number of nitrogens with one attached hydrogen (secondary N) is 2. The lowest BCUT2D eigenvalue weighted by atomic mass is 10.1. The monoisotopic (exact) mass is 589 g/mol. The summed E-state index contributed by atoms with van der Waals surface area (Å²) in [5, 5.41) is 8.61. The van der Waals surface area contributed by atoms with E-state index >= 15 is 0 Å². The molecule has 12 heteroatoms. The molecule has 9 nitrogen and oxygen atoms in total. The van der Waals surface area contributed by atoms with E-state index in [1.165, 1.54) is 29.5 Å². The number of benzene rings is 2. The Morgan fingerprint density at radius 3 is 2.40 bits per heavy atom. The average molecular weight is 590 g/mol. The molecular formula is C30H29F2N7O2S. The molecule has 0 unspecified atom stereocenters. The third-order valence-corrected chi connectivity index (χ3v) is 7.50. The van der Waals surface area contributed by atoms with Gasteiger partial charge >= 0.3 is 0 Å². The number of pyridine rings is 1. The van der Waals surface area contributed by atoms with Crippen LogP contribution in [0.25, 0.3) is 28.0 Å². The largest absolute Gasteiger partial charge is 0.354 e. The maximum Gasteiger partial charge on any atom is 0.257 e. The first kappa shape index (κ1) is 29.0. The van der Waals surface area contributed by atoms with Crippen LogP contribution in [0.1, 0.15) is 30.6 Å². The number of halogens is 2. The summed E-state index contributed by atoms with van der Waals surface area (Å²) in [5.74, 6) is -1.90. The summed E-state index contributed by atoms with van der Waals surface area (Å²) < 4.78 is 30.8. The Balaban J connectivity index is 1.57. The molecule has 5 rings (SSSR count). The van der Waals surface area contributed by atoms with E-state index in [1.807, 2.05) is 0 Å². The van der Waals surface area contributed by atoms with Crippen LogP contribution in [0.2, 0.25) is 0 Å². The van der Waals surface area contributed by atoms with Crippen LogP contribution >= 0.6 is 11.3 Å². The number of amides is 1. The average Bonchev–Trinajstić information content (AvgIpc) is 3.51. The molecule has 0 bridgehead atoms. The van der Waals surface area contributed by atoms with Crippen LogP contribution in [0.15, 0.2) is 71.0 Å². The van der Waals surface area contributed by atoms with Gasteiger partial charge < -0.3 is 10.2 Å². The number of hydrogen-bond acceptors (Lipinski definition) is 8. The summed E-state index contributed by atoms with van der Waals surface area (Å²) in [6, 6.07) is 12.9. The predicted molar refractivity (Wildman–Crippen MR) is 161 cm³/mol. The number of fused-ring (bicyclic) bond motifs is 1. The minimum absolute atomic E-state index is 0.0494. The van der Waals surface area contributed by atoms with Crippen LogP contribution in [-0.4, -0.2) is 56.5 Å². The molecule has 2 N–H and O–H groups in total. The van der Waals surface area contributed by atoms with Crippen LogP contribution in [0.4, 0.5) is 19.9 Å². The molecule has 5 aromatic rings. The van der Waals surface area contributed by atoms with Crippen molar-refractivity contribution in [1.29, 1.82) is 0 Å². The van der Waals surface area contributed by atoms with Crippen LogP contribution in [0.5, 0.6) is 0 Å². The lowest BCUT2D eigenvalue weighted by molar-refractivity contribution is 0.102. The zero-order chi connectivity index (χ0) is 29.6. The van der Waals surface area contributed by atoms with Gasteiger partial charge in [-0.15, -0.1) is 11.3 Å². The summed E-state index contributed by atoms with van der Waals surface area (Å²) in [5.41, 5.74) is 0.361. The highest BCUT2D eigenvalue weighted by Gasteiger charge is 2.20. The van der Waals surface area contributed by atoms with Crippen LogP contribution in [0.3, 0.4) is 0 Å². The Morgan fingerprint density at radius 1 is 1.00 bits per heavy atom. The molecule has 0 spiro atoms. The van der Waals surface area contributed by atoms with Gasteiger partial charge in [0, 0.05) is 40.7 Å². The van der Waals surface area contributed by atoms with Crippen molar-refractivity contribution in [2.75, 3.05) is 36.8 Å². The second kappa shape index (κ2) is 13.0. The van der Waals surface area contributed by atoms with Gasteiger partial charge in [0.05, 0.1) is 5.69 Å². The summed E-state index contributed by atoms with van der Waals surface area (Å²) in [4.78, 5) is 41.4. The maximum absolute atomic E-state index is 14.9. The predicted octanol–water partition coefficient (Wildman–Crippen LogP) is 5.58. The molecule has 0 saturated carbocycles. The lowest BCUT2D eigenvalue weighted by Crippen LogP contribution is -2.25. The molecule has 0 aliphatic rings. The summed E-state index contributed by atoms with van der Waals surface area (Å²) in [7, 11) is 0. The summed E-state index contributed by atoms with van der Waals surface area (Å²) in [6.45, 7) is 7.49. The van der Waals surface area contributed by atoms with Gasteiger partial charge in [-0.05, 0) is 56.4 Å². The molecule has 1 amide bonds. The van der Waals surface area contributed by atoms with Gasteiger partial charge in [0.15, 0.2) is 10.8 Å². The minimum Gasteiger partial charge on any atom is -0.354 e. The smallest absolute Gasteiger partial charge is 0.257 e. The van der Waals surface area contributed by atoms with E-state index in [0.717, 1.165) is 42.8 Å². The summed E-state index contributed by atoms with van der Waals surface area (Å²) >= 11 is 1.31. The van der Waals surface area contributed by atoms with E-state index in [-0.39, 0.29) is 17.5 Å². The molecule has 3 heterocycles. The second-order valence-electron chi connectivity index (χ2n) is 9.39. The number of anilines is 2. The lowest BCUT2D eigenvalue weighted by Gasteiger charge is -2.18. The van der Waals surface area contributed by atoms with Gasteiger partial charge in [-0.25, -0.2) is 18.7 Å². The van der Waals surface area contributed by atoms with Crippen molar-refractivity contribution in [3.63, 3.8) is 0 Å². The van der Waals surface area contributed by atoms with Gasteiger partial charge in [-0.2, -0.15) is 4.98 Å². The Hall–Kier alpha value is -4.55. The van der Waals surface area contributed by atoms with E-state index in [9.17, 15) is 18.4 Å². The fourth-order valence-electron chi connectivity index (χ4n) is 4.61. The van der Waals surface area contributed by atoms with Gasteiger partial charge in [0.2, 0.25) is 5.95 Å². The second-order valence-corrected chi connectivity index (χ2v) is 10.3. The molecule has 2 aromatic carbocycles. The van der Waals surface area contributed by atoms with Crippen molar-refractivity contribution in [3.05, 3.63) is 93.7 Å². The molecule has 42 heavy (non-hydrogen) atoms. The fraction of sp³-hybridized carbons (Fsp3) is 0.233. The molecular weight excluding hydrogens is 560 g/mol. The van der Waals surface area contributed by atoms with E-state index < -0.39 is 22.9 Å². The summed E-state index contributed by atoms with van der Waals surface area (Å²) in [6.07, 6.45) is 2.41. The van der Waals surface area contributed by atoms with E-state index in [1.54, 1.807) is 35.8 Å². The SMILES string of the molecule is CCN(CC)CCCNc1nc(-c2ccc(C(=O)Nc3nccs3)cc2)c2ccc(=O)n(-c3c(F)cccc3F)c2n1. The molecule has 0 atom stereocenters. The highest BCUT2D eigenvalue weighted by molar-refractivity contribution is 7.13. The Labute approximate surface area is 244 Å². The third-order valence-electron chi connectivity index (χ3n) is 6.81. The van der Waals surface area contributed by atoms with Crippen LogP contribution in [0, 0.1) is 11.6 Å². The van der Waals surface area contributed by atoms with E-state index in [4.69, 9.17) is 4.98 Å². The number of hydrogen-bond donors (Lipinski definition) is 2. The highest BCUT2D eigenvalue weighted by Crippen LogP contribution is 2.29. The van der Waals surface area contributed by atoms with Crippen LogP contribution in [-0.2, 0) is 0 Å². The molecule has 3 aromatic heterocycles. The van der Waals surface area contributed by atoms with Crippen molar-refractivity contribution in [1.82, 2.24) is 24.4 Å². The van der Waals surface area contributed by atoms with E-state index in [2.05, 4.69) is 39.3 Å². The first-order chi connectivity index (χ1) is 20.4. The molecule has 0 fully saturated rings. The Kier molecular flexibility index (Phi) is 8.94. The third kappa shape index (κ3) is 6.19. The number of nitrogens with zero attached hydrogens (tertiary/aromatic N) is 5. The first-order valence-corrected chi connectivity index (χ1v) is 14.4. The molecule has 216 valence electrons. The molecule has 0 aliphatic carbocycles. The first-order valence-electron chi connectivity index (χ1n) is 13.5. The topological polar surface area (TPSA) is 105 Å². The van der Waals surface area contributed by atoms with Crippen molar-refractivity contribution in [2.24, 2.45) is 0 Å². The maximum atomic E-state index is 14.9. The molecule has 0 radical (unpaired) electrons. The minimum atomic E-state index is -0.894. The Bertz CT molecular complexity index is 1730. The normalized spacial score (nSPS) is 11.3. The number of aromatic nitrogens is 4. The zero-order valence-corrected chi connectivity index (χ0v) is 23.9. The van der Waals surface area contributed by atoms with Gasteiger partial charge in [-0.3, -0.25) is 19.5 Å². The van der Waals surface area contributed by atoms with Crippen LogP contribution < -0.4 is 16.2 Å². The van der Waals surface area contributed by atoms with Crippen molar-refractivity contribution >= 4 is 39.4 Å². The Morgan fingerprint density at radius 2 is 1.74 bits per heavy atom. The number of carbonyl (C=O) groups is 1. The van der Waals surface area contributed by atoms with Gasteiger partial charge in [0.25, 0.3) is 11.5 Å². The quantitative estimate of drug-likeness (QED) is 0.194. The van der Waals surface area contributed by atoms with Crippen molar-refractivity contribution in [3.8, 4) is 16.9 Å². The van der Waals surface area contributed by atoms with E-state index in [0.29, 0.717) is 33.9 Å². The number of para-hydroxylation sites is 1. The number of carbonyl (C=O) groups excluding carboxylic acids is 1. The fourth-order valence-corrected chi connectivity index (χ4v) is 5.13. The highest BCUT2D eigenvalue weighted by atomic mass is 32.1. The van der Waals surface area contributed by atoms with Gasteiger partial charge in [0.1, 0.15) is 17.3 Å². The number of rotatable bonds is 11. The zero-order valence-electron chi connectivity index (χ0n) is 23.1. The van der Waals surface area contributed by atoms with Crippen molar-refractivity contribution in [2.45, 2.75) is 20.3 Å². The van der Waals surface area contributed by atoms with Crippen molar-refractivity contribution < 1.29 is 13.6 Å². The number of thiazole rings is 1. The molecule has 0 saturated heterocycles.